The number of hydrogen-bond donors (Lipinski definition) is 0. The van der Waals surface area contributed by atoms with Crippen molar-refractivity contribution < 1.29 is 27.8 Å². The van der Waals surface area contributed by atoms with Gasteiger partial charge in [0.15, 0.2) is 5.82 Å². The second-order valence-corrected chi connectivity index (χ2v) is 12.0. The standard InChI is InChI=1S/C31H40F2N8O4/c1-37(2)27(42)20-38-11-13-39(14-12-38)30(43)21-7-9-22(10-8-21)45-26-19-25(35-31(36-26)40-15-17-44-18-16-40)41-24-6-4-3-5-23(24)34-29(41)28(32)33/h3-6,19,21-22,28H,7-18,20H2,1-2H3/t21-,22-. The molecule has 0 unspecified atom stereocenters. The summed E-state index contributed by atoms with van der Waals surface area (Å²) in [5.41, 5.74) is 0.975. The maximum atomic E-state index is 14.2. The van der Waals surface area contributed by atoms with Crippen LogP contribution in [0.15, 0.2) is 30.3 Å². The van der Waals surface area contributed by atoms with E-state index in [1.54, 1.807) is 49.3 Å². The molecule has 3 fully saturated rings. The average Bonchev–Trinajstić information content (AvgIpc) is 3.46. The molecule has 12 nitrogen and oxygen atoms in total. The number of likely N-dealkylation sites (N-methyl/N-ethyl adjacent to an activating group) is 1. The van der Waals surface area contributed by atoms with E-state index in [4.69, 9.17) is 19.4 Å². The molecule has 14 heteroatoms. The van der Waals surface area contributed by atoms with Crippen LogP contribution < -0.4 is 9.64 Å². The van der Waals surface area contributed by atoms with E-state index in [0.29, 0.717) is 108 Å². The summed E-state index contributed by atoms with van der Waals surface area (Å²) < 4.78 is 41.6. The van der Waals surface area contributed by atoms with Gasteiger partial charge in [0.2, 0.25) is 23.6 Å². The highest BCUT2D eigenvalue weighted by Crippen LogP contribution is 2.32. The minimum Gasteiger partial charge on any atom is -0.474 e. The molecular formula is C31H40F2N8O4. The first-order chi connectivity index (χ1) is 21.8. The fourth-order valence-electron chi connectivity index (χ4n) is 6.23. The highest BCUT2D eigenvalue weighted by molar-refractivity contribution is 5.80. The normalized spacial score (nSPS) is 21.4. The Balaban J connectivity index is 1.14. The number of hydrogen-bond acceptors (Lipinski definition) is 9. The third kappa shape index (κ3) is 7.01. The van der Waals surface area contributed by atoms with Gasteiger partial charge in [0.1, 0.15) is 11.9 Å². The lowest BCUT2D eigenvalue weighted by atomic mass is 9.86. The van der Waals surface area contributed by atoms with Crippen LogP contribution in [0.5, 0.6) is 5.88 Å². The minimum atomic E-state index is -2.81. The molecule has 2 amide bonds. The van der Waals surface area contributed by atoms with Crippen LogP contribution in [-0.4, -0.2) is 125 Å². The van der Waals surface area contributed by atoms with E-state index in [-0.39, 0.29) is 29.7 Å². The first-order valence-electron chi connectivity index (χ1n) is 15.6. The Morgan fingerprint density at radius 2 is 1.69 bits per heavy atom. The Bertz CT molecular complexity index is 1500. The highest BCUT2D eigenvalue weighted by Gasteiger charge is 2.33. The second kappa shape index (κ2) is 13.6. The number of para-hydroxylation sites is 2. The summed E-state index contributed by atoms with van der Waals surface area (Å²) in [6.07, 6.45) is -0.235. The number of nitrogens with zero attached hydrogens (tertiary/aromatic N) is 8. The van der Waals surface area contributed by atoms with Crippen LogP contribution in [0.25, 0.3) is 16.9 Å². The van der Waals surface area contributed by atoms with Crippen LogP contribution in [0.2, 0.25) is 0 Å². The van der Waals surface area contributed by atoms with Crippen LogP contribution in [0.1, 0.15) is 37.9 Å². The molecule has 1 saturated carbocycles. The van der Waals surface area contributed by atoms with E-state index in [0.717, 1.165) is 0 Å². The van der Waals surface area contributed by atoms with Gasteiger partial charge in [-0.15, -0.1) is 0 Å². The van der Waals surface area contributed by atoms with E-state index in [1.807, 2.05) is 9.80 Å². The monoisotopic (exact) mass is 626 g/mol. The smallest absolute Gasteiger partial charge is 0.296 e. The lowest BCUT2D eigenvalue weighted by molar-refractivity contribution is -0.139. The number of rotatable bonds is 8. The molecule has 45 heavy (non-hydrogen) atoms. The predicted molar refractivity (Wildman–Crippen MR) is 163 cm³/mol. The van der Waals surface area contributed by atoms with Crippen LogP contribution in [0.3, 0.4) is 0 Å². The zero-order valence-corrected chi connectivity index (χ0v) is 25.8. The Morgan fingerprint density at radius 1 is 0.978 bits per heavy atom. The van der Waals surface area contributed by atoms with Crippen molar-refractivity contribution in [1.29, 1.82) is 0 Å². The fourth-order valence-corrected chi connectivity index (χ4v) is 6.23. The summed E-state index contributed by atoms with van der Waals surface area (Å²) in [5.74, 6) is 0.720. The Kier molecular flexibility index (Phi) is 9.40. The zero-order chi connectivity index (χ0) is 31.5. The Morgan fingerprint density at radius 3 is 2.38 bits per heavy atom. The number of alkyl halides is 2. The number of halogens is 2. The molecule has 3 aromatic rings. The second-order valence-electron chi connectivity index (χ2n) is 12.0. The summed E-state index contributed by atoms with van der Waals surface area (Å²) in [5, 5.41) is 0. The van der Waals surface area contributed by atoms with Gasteiger partial charge >= 0.3 is 0 Å². The number of carbonyl (C=O) groups excluding carboxylic acids is 2. The number of anilines is 1. The summed E-state index contributed by atoms with van der Waals surface area (Å²) in [7, 11) is 3.50. The molecule has 2 aromatic heterocycles. The molecule has 2 saturated heterocycles. The number of fused-ring (bicyclic) bond motifs is 1. The van der Waals surface area contributed by atoms with Crippen LogP contribution in [0.4, 0.5) is 14.7 Å². The number of piperazine rings is 1. The van der Waals surface area contributed by atoms with Crippen molar-refractivity contribution >= 4 is 28.8 Å². The molecule has 4 heterocycles. The van der Waals surface area contributed by atoms with Crippen LogP contribution in [-0.2, 0) is 14.3 Å². The molecule has 0 N–H and O–H groups in total. The maximum absolute atomic E-state index is 14.2. The molecule has 2 aliphatic heterocycles. The Labute approximate surface area is 260 Å². The van der Waals surface area contributed by atoms with E-state index in [9.17, 15) is 18.4 Å². The average molecular weight is 627 g/mol. The summed E-state index contributed by atoms with van der Waals surface area (Å²) in [4.78, 5) is 46.5. The van der Waals surface area contributed by atoms with E-state index in [2.05, 4.69) is 9.88 Å². The molecule has 6 rings (SSSR count). The third-order valence-electron chi connectivity index (χ3n) is 8.83. The molecule has 0 spiro atoms. The van der Waals surface area contributed by atoms with Gasteiger partial charge in [0, 0.05) is 65.3 Å². The van der Waals surface area contributed by atoms with E-state index in [1.165, 1.54) is 4.57 Å². The zero-order valence-electron chi connectivity index (χ0n) is 25.8. The molecule has 3 aliphatic rings. The third-order valence-corrected chi connectivity index (χ3v) is 8.83. The number of aromatic nitrogens is 4. The largest absolute Gasteiger partial charge is 0.474 e. The quantitative estimate of drug-likeness (QED) is 0.373. The van der Waals surface area contributed by atoms with Gasteiger partial charge in [-0.1, -0.05) is 12.1 Å². The molecule has 242 valence electrons. The van der Waals surface area contributed by atoms with Crippen molar-refractivity contribution in [2.75, 3.05) is 78.0 Å². The van der Waals surface area contributed by atoms with Gasteiger partial charge in [-0.3, -0.25) is 19.1 Å². The van der Waals surface area contributed by atoms with Crippen LogP contribution >= 0.6 is 0 Å². The lowest BCUT2D eigenvalue weighted by Crippen LogP contribution is -2.52. The number of amides is 2. The van der Waals surface area contributed by atoms with Gasteiger partial charge in [-0.25, -0.2) is 13.8 Å². The Hall–Kier alpha value is -3.91. The number of morpholine rings is 1. The van der Waals surface area contributed by atoms with Crippen LogP contribution in [0, 0.1) is 5.92 Å². The SMILES string of the molecule is CN(C)C(=O)CN1CCN(C(=O)[C@H]2CC[C@H](Oc3cc(-n4c(C(F)F)nc5ccccc54)nc(N4CCOCC4)n3)CC2)CC1. The maximum Gasteiger partial charge on any atom is 0.296 e. The lowest BCUT2D eigenvalue weighted by Gasteiger charge is -2.37. The molecule has 0 atom stereocenters. The fraction of sp³-hybridized carbons (Fsp3) is 0.581. The number of carbonyl (C=O) groups is 2. The molecule has 1 aromatic carbocycles. The van der Waals surface area contributed by atoms with Gasteiger partial charge < -0.3 is 24.2 Å². The summed E-state index contributed by atoms with van der Waals surface area (Å²) in [6, 6.07) is 8.58. The molecule has 0 radical (unpaired) electrons. The number of ether oxygens (including phenoxy) is 2. The predicted octanol–water partition coefficient (Wildman–Crippen LogP) is 2.76. The molecular weight excluding hydrogens is 586 g/mol. The van der Waals surface area contributed by atoms with Crippen molar-refractivity contribution in [3.05, 3.63) is 36.2 Å². The van der Waals surface area contributed by atoms with Gasteiger partial charge in [-0.2, -0.15) is 9.97 Å². The minimum absolute atomic E-state index is 0.0637. The first kappa shape index (κ1) is 31.1. The van der Waals surface area contributed by atoms with Crippen molar-refractivity contribution in [3.63, 3.8) is 0 Å². The van der Waals surface area contributed by atoms with Crippen molar-refractivity contribution in [2.24, 2.45) is 5.92 Å². The van der Waals surface area contributed by atoms with E-state index < -0.39 is 12.2 Å². The van der Waals surface area contributed by atoms with E-state index >= 15 is 0 Å². The van der Waals surface area contributed by atoms with Crippen molar-refractivity contribution in [3.8, 4) is 11.7 Å². The summed E-state index contributed by atoms with van der Waals surface area (Å²) >= 11 is 0. The number of imidazole rings is 1. The molecule has 0 bridgehead atoms. The first-order valence-corrected chi connectivity index (χ1v) is 15.6. The topological polar surface area (TPSA) is 109 Å². The van der Waals surface area contributed by atoms with Crippen molar-refractivity contribution in [2.45, 2.75) is 38.2 Å². The highest BCUT2D eigenvalue weighted by atomic mass is 19.3. The number of benzene rings is 1. The summed E-state index contributed by atoms with van der Waals surface area (Å²) in [6.45, 7) is 5.15. The molecule has 1 aliphatic carbocycles. The van der Waals surface area contributed by atoms with Gasteiger partial charge in [0.05, 0.1) is 30.8 Å². The van der Waals surface area contributed by atoms with Gasteiger partial charge in [-0.05, 0) is 37.8 Å². The van der Waals surface area contributed by atoms with Gasteiger partial charge in [0.25, 0.3) is 6.43 Å². The van der Waals surface area contributed by atoms with Crippen molar-refractivity contribution in [1.82, 2.24) is 34.2 Å².